The lowest BCUT2D eigenvalue weighted by molar-refractivity contribution is 0.0830. The van der Waals surface area contributed by atoms with E-state index < -0.39 is 0 Å². The largest absolute Gasteiger partial charge is 0.330 e. The molecule has 2 N–H and O–H groups in total. The van der Waals surface area contributed by atoms with Gasteiger partial charge < -0.3 is 5.73 Å². The Morgan fingerprint density at radius 1 is 1.29 bits per heavy atom. The Hall–Kier alpha value is -0.860. The van der Waals surface area contributed by atoms with Gasteiger partial charge in [0.25, 0.3) is 0 Å². The third kappa shape index (κ3) is 2.70. The summed E-state index contributed by atoms with van der Waals surface area (Å²) < 4.78 is 0. The first-order valence-corrected chi connectivity index (χ1v) is 6.60. The van der Waals surface area contributed by atoms with Crippen LogP contribution in [0, 0.1) is 11.8 Å². The van der Waals surface area contributed by atoms with E-state index in [1.165, 1.54) is 6.42 Å². The second-order valence-corrected chi connectivity index (χ2v) is 5.14. The van der Waals surface area contributed by atoms with E-state index >= 15 is 0 Å². The third-order valence-electron chi connectivity index (χ3n) is 3.69. The monoisotopic (exact) mass is 251 g/mol. The Labute approximate surface area is 107 Å². The highest BCUT2D eigenvalue weighted by atomic mass is 35.5. The number of ketones is 1. The lowest BCUT2D eigenvalue weighted by Gasteiger charge is -2.29. The van der Waals surface area contributed by atoms with Crippen molar-refractivity contribution in [3.8, 4) is 0 Å². The van der Waals surface area contributed by atoms with Crippen molar-refractivity contribution in [2.75, 3.05) is 6.54 Å². The Morgan fingerprint density at radius 2 is 2.00 bits per heavy atom. The molecule has 1 aliphatic rings. The van der Waals surface area contributed by atoms with Crippen LogP contribution in [-0.4, -0.2) is 12.3 Å². The molecule has 1 aromatic rings. The maximum absolute atomic E-state index is 12.4. The van der Waals surface area contributed by atoms with Crippen LogP contribution in [0.3, 0.4) is 0 Å². The van der Waals surface area contributed by atoms with Crippen LogP contribution in [0.1, 0.15) is 36.0 Å². The lowest BCUT2D eigenvalue weighted by Crippen LogP contribution is -2.32. The molecule has 2 atom stereocenters. The van der Waals surface area contributed by atoms with Gasteiger partial charge in [-0.3, -0.25) is 4.79 Å². The Morgan fingerprint density at radius 3 is 2.71 bits per heavy atom. The number of nitrogens with two attached hydrogens (primary N) is 1. The molecule has 0 amide bonds. The Balaban J connectivity index is 2.21. The highest BCUT2D eigenvalue weighted by Gasteiger charge is 2.31. The fraction of sp³-hybridized carbons (Fsp3) is 0.500. The van der Waals surface area contributed by atoms with Crippen LogP contribution in [0.2, 0.25) is 5.02 Å². The van der Waals surface area contributed by atoms with E-state index in [0.29, 0.717) is 23.0 Å². The van der Waals surface area contributed by atoms with Gasteiger partial charge in [-0.2, -0.15) is 0 Å². The van der Waals surface area contributed by atoms with Gasteiger partial charge in [0, 0.05) is 11.5 Å². The minimum absolute atomic E-state index is 0.0636. The Kier molecular flexibility index (Phi) is 4.19. The highest BCUT2D eigenvalue weighted by molar-refractivity contribution is 6.34. The van der Waals surface area contributed by atoms with Crippen LogP contribution in [-0.2, 0) is 0 Å². The van der Waals surface area contributed by atoms with Crippen LogP contribution in [0.4, 0.5) is 0 Å². The number of carbonyl (C=O) groups excluding carboxylic acids is 1. The smallest absolute Gasteiger partial charge is 0.167 e. The van der Waals surface area contributed by atoms with Gasteiger partial charge in [0.1, 0.15) is 0 Å². The van der Waals surface area contributed by atoms with E-state index in [1.54, 1.807) is 6.07 Å². The summed E-state index contributed by atoms with van der Waals surface area (Å²) in [5, 5.41) is 0.554. The first-order chi connectivity index (χ1) is 8.24. The minimum atomic E-state index is 0.0636. The predicted octanol–water partition coefficient (Wildman–Crippen LogP) is 3.29. The number of benzene rings is 1. The zero-order valence-electron chi connectivity index (χ0n) is 9.86. The van der Waals surface area contributed by atoms with E-state index in [2.05, 4.69) is 0 Å². The molecule has 17 heavy (non-hydrogen) atoms. The molecular formula is C14H18ClNO. The van der Waals surface area contributed by atoms with Crippen LogP contribution in [0.15, 0.2) is 24.3 Å². The summed E-state index contributed by atoms with van der Waals surface area (Å²) in [5.74, 6) is 0.562. The maximum atomic E-state index is 12.4. The van der Waals surface area contributed by atoms with Crippen molar-refractivity contribution < 1.29 is 4.79 Å². The molecule has 0 spiro atoms. The molecule has 2 rings (SSSR count). The van der Waals surface area contributed by atoms with Gasteiger partial charge in [0.2, 0.25) is 0 Å². The molecule has 1 fully saturated rings. The molecule has 2 nitrogen and oxygen atoms in total. The zero-order valence-corrected chi connectivity index (χ0v) is 10.6. The number of carbonyl (C=O) groups is 1. The van der Waals surface area contributed by atoms with Gasteiger partial charge in [0.15, 0.2) is 5.78 Å². The van der Waals surface area contributed by atoms with E-state index in [1.807, 2.05) is 18.2 Å². The molecule has 0 aliphatic heterocycles. The lowest BCUT2D eigenvalue weighted by atomic mass is 9.75. The molecule has 0 bridgehead atoms. The fourth-order valence-corrected chi connectivity index (χ4v) is 2.92. The number of halogens is 1. The normalized spacial score (nSPS) is 24.6. The summed E-state index contributed by atoms with van der Waals surface area (Å²) in [6, 6.07) is 7.29. The molecule has 0 radical (unpaired) electrons. The Bertz CT molecular complexity index is 405. The molecular weight excluding hydrogens is 234 g/mol. The predicted molar refractivity (Wildman–Crippen MR) is 70.3 cm³/mol. The van der Waals surface area contributed by atoms with Crippen molar-refractivity contribution in [1.29, 1.82) is 0 Å². The quantitative estimate of drug-likeness (QED) is 0.838. The molecule has 1 aromatic carbocycles. The topological polar surface area (TPSA) is 43.1 Å². The molecule has 3 heteroatoms. The molecule has 1 saturated carbocycles. The fourth-order valence-electron chi connectivity index (χ4n) is 2.70. The second kappa shape index (κ2) is 5.65. The number of rotatable bonds is 3. The van der Waals surface area contributed by atoms with Gasteiger partial charge in [0.05, 0.1) is 5.02 Å². The van der Waals surface area contributed by atoms with Crippen molar-refractivity contribution in [3.05, 3.63) is 34.9 Å². The SMILES string of the molecule is NCC1CCCCC1C(=O)c1ccccc1Cl. The van der Waals surface area contributed by atoms with Gasteiger partial charge in [-0.1, -0.05) is 36.6 Å². The van der Waals surface area contributed by atoms with Crippen molar-refractivity contribution in [1.82, 2.24) is 0 Å². The second-order valence-electron chi connectivity index (χ2n) is 4.73. The molecule has 92 valence electrons. The van der Waals surface area contributed by atoms with Crippen molar-refractivity contribution in [3.63, 3.8) is 0 Å². The summed E-state index contributed by atoms with van der Waals surface area (Å²) in [6.07, 6.45) is 4.33. The molecule has 2 unspecified atom stereocenters. The van der Waals surface area contributed by atoms with Crippen molar-refractivity contribution >= 4 is 17.4 Å². The van der Waals surface area contributed by atoms with Crippen LogP contribution in [0.25, 0.3) is 0 Å². The summed E-state index contributed by atoms with van der Waals surface area (Å²) in [5.41, 5.74) is 6.41. The molecule has 0 heterocycles. The van der Waals surface area contributed by atoms with Gasteiger partial charge in [-0.05, 0) is 37.4 Å². The molecule has 1 aliphatic carbocycles. The van der Waals surface area contributed by atoms with Gasteiger partial charge in [-0.25, -0.2) is 0 Å². The van der Waals surface area contributed by atoms with E-state index in [9.17, 15) is 4.79 Å². The van der Waals surface area contributed by atoms with E-state index in [-0.39, 0.29) is 11.7 Å². The number of Topliss-reactive ketones (excluding diaryl/α,β-unsaturated/α-hetero) is 1. The van der Waals surface area contributed by atoms with E-state index in [0.717, 1.165) is 19.3 Å². The number of hydrogen-bond acceptors (Lipinski definition) is 2. The van der Waals surface area contributed by atoms with Crippen LogP contribution >= 0.6 is 11.6 Å². The van der Waals surface area contributed by atoms with Gasteiger partial charge >= 0.3 is 0 Å². The minimum Gasteiger partial charge on any atom is -0.330 e. The average molecular weight is 252 g/mol. The molecule has 0 saturated heterocycles. The first kappa shape index (κ1) is 12.6. The summed E-state index contributed by atoms with van der Waals surface area (Å²) in [6.45, 7) is 0.598. The molecule has 0 aromatic heterocycles. The van der Waals surface area contributed by atoms with Crippen molar-refractivity contribution in [2.45, 2.75) is 25.7 Å². The van der Waals surface area contributed by atoms with Crippen LogP contribution in [0.5, 0.6) is 0 Å². The highest BCUT2D eigenvalue weighted by Crippen LogP contribution is 2.33. The van der Waals surface area contributed by atoms with Gasteiger partial charge in [-0.15, -0.1) is 0 Å². The first-order valence-electron chi connectivity index (χ1n) is 6.23. The van der Waals surface area contributed by atoms with E-state index in [4.69, 9.17) is 17.3 Å². The number of hydrogen-bond donors (Lipinski definition) is 1. The standard InChI is InChI=1S/C14H18ClNO/c15-13-8-4-3-7-12(13)14(17)11-6-2-1-5-10(11)9-16/h3-4,7-8,10-11H,1-2,5-6,9,16H2. The third-order valence-corrected chi connectivity index (χ3v) is 4.02. The average Bonchev–Trinajstić information content (AvgIpc) is 2.38. The zero-order chi connectivity index (χ0) is 12.3. The van der Waals surface area contributed by atoms with Crippen molar-refractivity contribution in [2.24, 2.45) is 17.6 Å². The summed E-state index contributed by atoms with van der Waals surface area (Å²) in [7, 11) is 0. The maximum Gasteiger partial charge on any atom is 0.167 e. The summed E-state index contributed by atoms with van der Waals surface area (Å²) in [4.78, 5) is 12.4. The summed E-state index contributed by atoms with van der Waals surface area (Å²) >= 11 is 6.08. The van der Waals surface area contributed by atoms with Crippen LogP contribution < -0.4 is 5.73 Å².